The average Bonchev–Trinajstić information content (AvgIpc) is 2.39. The van der Waals surface area contributed by atoms with Gasteiger partial charge in [0.25, 0.3) is 0 Å². The standard InChI is InChI=1S/C13H17FN2O3/c1-3-9(7-17)15-12(18)13(19)16-10-5-4-8(2)11(14)6-10/h4-6,9,17H,3,7H2,1-2H3,(H,15,18)(H,16,19). The summed E-state index contributed by atoms with van der Waals surface area (Å²) < 4.78 is 13.3. The summed E-state index contributed by atoms with van der Waals surface area (Å²) in [7, 11) is 0. The number of aryl methyl sites for hydroxylation is 1. The highest BCUT2D eigenvalue weighted by molar-refractivity contribution is 6.39. The molecule has 0 bridgehead atoms. The molecule has 2 amide bonds. The topological polar surface area (TPSA) is 78.4 Å². The zero-order valence-electron chi connectivity index (χ0n) is 10.9. The molecule has 0 aliphatic rings. The molecule has 19 heavy (non-hydrogen) atoms. The summed E-state index contributed by atoms with van der Waals surface area (Å²) in [4.78, 5) is 23.0. The average molecular weight is 268 g/mol. The monoisotopic (exact) mass is 268 g/mol. The fourth-order valence-electron chi connectivity index (χ4n) is 1.39. The number of nitrogens with one attached hydrogen (secondary N) is 2. The van der Waals surface area contributed by atoms with Crippen LogP contribution >= 0.6 is 0 Å². The van der Waals surface area contributed by atoms with E-state index in [9.17, 15) is 14.0 Å². The van der Waals surface area contributed by atoms with Crippen molar-refractivity contribution in [3.63, 3.8) is 0 Å². The van der Waals surface area contributed by atoms with Crippen molar-refractivity contribution in [2.45, 2.75) is 26.3 Å². The van der Waals surface area contributed by atoms with Crippen LogP contribution in [0.2, 0.25) is 0 Å². The fraction of sp³-hybridized carbons (Fsp3) is 0.385. The number of hydrogen-bond acceptors (Lipinski definition) is 3. The predicted molar refractivity (Wildman–Crippen MR) is 69.1 cm³/mol. The van der Waals surface area contributed by atoms with E-state index < -0.39 is 23.7 Å². The van der Waals surface area contributed by atoms with Crippen LogP contribution in [0.5, 0.6) is 0 Å². The van der Waals surface area contributed by atoms with Gasteiger partial charge in [-0.15, -0.1) is 0 Å². The minimum absolute atomic E-state index is 0.209. The van der Waals surface area contributed by atoms with Crippen molar-refractivity contribution in [1.82, 2.24) is 5.32 Å². The number of carbonyl (C=O) groups is 2. The van der Waals surface area contributed by atoms with E-state index in [1.165, 1.54) is 12.1 Å². The molecule has 0 saturated heterocycles. The van der Waals surface area contributed by atoms with Crippen LogP contribution < -0.4 is 10.6 Å². The maximum Gasteiger partial charge on any atom is 0.313 e. The first-order valence-corrected chi connectivity index (χ1v) is 5.96. The molecule has 3 N–H and O–H groups in total. The third-order valence-corrected chi connectivity index (χ3v) is 2.68. The number of amides is 2. The minimum Gasteiger partial charge on any atom is -0.394 e. The van der Waals surface area contributed by atoms with Gasteiger partial charge in [0.15, 0.2) is 0 Å². The van der Waals surface area contributed by atoms with Crippen LogP contribution in [0, 0.1) is 12.7 Å². The Morgan fingerprint density at radius 2 is 2.05 bits per heavy atom. The normalized spacial score (nSPS) is 11.8. The molecule has 1 aromatic rings. The molecule has 1 atom stereocenters. The van der Waals surface area contributed by atoms with Crippen LogP contribution in [0.1, 0.15) is 18.9 Å². The lowest BCUT2D eigenvalue weighted by molar-refractivity contribution is -0.136. The Bertz CT molecular complexity index is 473. The van der Waals surface area contributed by atoms with Gasteiger partial charge in [-0.05, 0) is 31.0 Å². The van der Waals surface area contributed by atoms with Gasteiger partial charge in [-0.2, -0.15) is 0 Å². The molecule has 104 valence electrons. The molecule has 0 spiro atoms. The van der Waals surface area contributed by atoms with E-state index in [1.54, 1.807) is 13.8 Å². The maximum atomic E-state index is 13.3. The Labute approximate surface area is 110 Å². The van der Waals surface area contributed by atoms with Crippen LogP contribution in [0.3, 0.4) is 0 Å². The molecule has 1 aromatic carbocycles. The van der Waals surface area contributed by atoms with Crippen LogP contribution in [-0.4, -0.2) is 29.6 Å². The first-order chi connectivity index (χ1) is 8.97. The Hall–Kier alpha value is -1.95. The lowest BCUT2D eigenvalue weighted by atomic mass is 10.2. The quantitative estimate of drug-likeness (QED) is 0.712. The summed E-state index contributed by atoms with van der Waals surface area (Å²) in [6.07, 6.45) is 0.509. The summed E-state index contributed by atoms with van der Waals surface area (Å²) >= 11 is 0. The molecule has 6 heteroatoms. The second kappa shape index (κ2) is 6.84. The van der Waals surface area contributed by atoms with E-state index in [0.29, 0.717) is 12.0 Å². The number of halogens is 1. The van der Waals surface area contributed by atoms with Gasteiger partial charge in [0.1, 0.15) is 5.82 Å². The molecule has 0 radical (unpaired) electrons. The fourth-order valence-corrected chi connectivity index (χ4v) is 1.39. The zero-order valence-corrected chi connectivity index (χ0v) is 10.9. The van der Waals surface area contributed by atoms with Gasteiger partial charge in [-0.25, -0.2) is 4.39 Å². The molecular weight excluding hydrogens is 251 g/mol. The second-order valence-corrected chi connectivity index (χ2v) is 4.18. The lowest BCUT2D eigenvalue weighted by Gasteiger charge is -2.13. The molecule has 5 nitrogen and oxygen atoms in total. The molecule has 1 rings (SSSR count). The number of aliphatic hydroxyl groups excluding tert-OH is 1. The highest BCUT2D eigenvalue weighted by Gasteiger charge is 2.17. The van der Waals surface area contributed by atoms with Crippen LogP contribution in [0.25, 0.3) is 0 Å². The highest BCUT2D eigenvalue weighted by atomic mass is 19.1. The van der Waals surface area contributed by atoms with Gasteiger partial charge in [0.05, 0.1) is 12.6 Å². The Kier molecular flexibility index (Phi) is 5.44. The van der Waals surface area contributed by atoms with Gasteiger partial charge >= 0.3 is 11.8 Å². The summed E-state index contributed by atoms with van der Waals surface area (Å²) in [6.45, 7) is 3.13. The number of anilines is 1. The van der Waals surface area contributed by atoms with E-state index >= 15 is 0 Å². The van der Waals surface area contributed by atoms with Gasteiger partial charge in [0.2, 0.25) is 0 Å². The zero-order chi connectivity index (χ0) is 14.4. The number of rotatable bonds is 4. The molecule has 0 fully saturated rings. The first-order valence-electron chi connectivity index (χ1n) is 5.96. The van der Waals surface area contributed by atoms with Gasteiger partial charge in [-0.1, -0.05) is 13.0 Å². The summed E-state index contributed by atoms with van der Waals surface area (Å²) in [6, 6.07) is 3.69. The smallest absolute Gasteiger partial charge is 0.313 e. The second-order valence-electron chi connectivity index (χ2n) is 4.18. The van der Waals surface area contributed by atoms with E-state index in [1.807, 2.05) is 0 Å². The summed E-state index contributed by atoms with van der Waals surface area (Å²) in [5.41, 5.74) is 0.661. The number of aliphatic hydroxyl groups is 1. The van der Waals surface area contributed by atoms with Gasteiger partial charge in [0, 0.05) is 5.69 Å². The molecule has 0 saturated carbocycles. The first kappa shape index (κ1) is 15.1. The van der Waals surface area contributed by atoms with Crippen molar-refractivity contribution in [2.24, 2.45) is 0 Å². The van der Waals surface area contributed by atoms with Gasteiger partial charge in [-0.3, -0.25) is 9.59 Å². The summed E-state index contributed by atoms with van der Waals surface area (Å²) in [5, 5.41) is 13.6. The minimum atomic E-state index is -0.893. The maximum absolute atomic E-state index is 13.3. The van der Waals surface area contributed by atoms with Crippen molar-refractivity contribution >= 4 is 17.5 Å². The van der Waals surface area contributed by atoms with Crippen LogP contribution in [0.15, 0.2) is 18.2 Å². The largest absolute Gasteiger partial charge is 0.394 e. The van der Waals surface area contributed by atoms with E-state index in [2.05, 4.69) is 10.6 Å². The van der Waals surface area contributed by atoms with E-state index in [0.717, 1.165) is 6.07 Å². The van der Waals surface area contributed by atoms with Crippen molar-refractivity contribution in [2.75, 3.05) is 11.9 Å². The molecule has 0 aliphatic heterocycles. The highest BCUT2D eigenvalue weighted by Crippen LogP contribution is 2.13. The van der Waals surface area contributed by atoms with Crippen molar-refractivity contribution in [3.05, 3.63) is 29.6 Å². The third kappa shape index (κ3) is 4.33. The van der Waals surface area contributed by atoms with E-state index in [-0.39, 0.29) is 12.3 Å². The summed E-state index contributed by atoms with van der Waals surface area (Å²) in [5.74, 6) is -2.21. The predicted octanol–water partition coefficient (Wildman–Crippen LogP) is 0.960. The van der Waals surface area contributed by atoms with Crippen molar-refractivity contribution in [3.8, 4) is 0 Å². The molecule has 0 aromatic heterocycles. The molecule has 0 aliphatic carbocycles. The van der Waals surface area contributed by atoms with E-state index in [4.69, 9.17) is 5.11 Å². The van der Waals surface area contributed by atoms with Crippen molar-refractivity contribution < 1.29 is 19.1 Å². The number of hydrogen-bond donors (Lipinski definition) is 3. The van der Waals surface area contributed by atoms with Gasteiger partial charge < -0.3 is 15.7 Å². The molecular formula is C13H17FN2O3. The van der Waals surface area contributed by atoms with Crippen LogP contribution in [0.4, 0.5) is 10.1 Å². The Morgan fingerprint density at radius 3 is 2.58 bits per heavy atom. The third-order valence-electron chi connectivity index (χ3n) is 2.68. The Morgan fingerprint density at radius 1 is 1.37 bits per heavy atom. The lowest BCUT2D eigenvalue weighted by Crippen LogP contribution is -2.43. The SMILES string of the molecule is CCC(CO)NC(=O)C(=O)Nc1ccc(C)c(F)c1. The Balaban J connectivity index is 2.63. The van der Waals surface area contributed by atoms with Crippen molar-refractivity contribution in [1.29, 1.82) is 0 Å². The number of benzene rings is 1. The molecule has 0 heterocycles. The molecule has 1 unspecified atom stereocenters. The van der Waals surface area contributed by atoms with Crippen LogP contribution in [-0.2, 0) is 9.59 Å². The number of carbonyl (C=O) groups excluding carboxylic acids is 2.